The molecule has 2 N–H and O–H groups in total. The number of aliphatic hydroxyl groups is 1. The van der Waals surface area contributed by atoms with E-state index in [-0.39, 0.29) is 17.7 Å². The van der Waals surface area contributed by atoms with E-state index in [0.29, 0.717) is 13.1 Å². The minimum atomic E-state index is -0.932. The first-order valence-corrected chi connectivity index (χ1v) is 7.31. The number of carbonyl (C=O) groups excluding carboxylic acids is 2. The quantitative estimate of drug-likeness (QED) is 0.783. The third kappa shape index (κ3) is 4.07. The van der Waals surface area contributed by atoms with Gasteiger partial charge in [-0.2, -0.15) is 0 Å². The van der Waals surface area contributed by atoms with Crippen LogP contribution in [0.5, 0.6) is 0 Å². The Labute approximate surface area is 124 Å². The number of rotatable bonds is 7. The van der Waals surface area contributed by atoms with E-state index in [4.69, 9.17) is 4.42 Å². The summed E-state index contributed by atoms with van der Waals surface area (Å²) in [6.07, 6.45) is 3.92. The van der Waals surface area contributed by atoms with Crippen molar-refractivity contribution in [2.24, 2.45) is 5.92 Å². The molecule has 1 saturated carbocycles. The smallest absolute Gasteiger partial charge is 0.248 e. The van der Waals surface area contributed by atoms with Crippen molar-refractivity contribution in [2.75, 3.05) is 6.54 Å². The fourth-order valence-electron chi connectivity index (χ4n) is 2.15. The first-order chi connectivity index (χ1) is 10.0. The molecule has 1 heterocycles. The van der Waals surface area contributed by atoms with Crippen molar-refractivity contribution >= 4 is 11.8 Å². The normalized spacial score (nSPS) is 17.1. The number of carbonyl (C=O) groups is 2. The van der Waals surface area contributed by atoms with Crippen molar-refractivity contribution in [3.63, 3.8) is 0 Å². The van der Waals surface area contributed by atoms with Crippen molar-refractivity contribution in [3.8, 4) is 0 Å². The number of nitrogens with zero attached hydrogens (tertiary/aromatic N) is 1. The molecule has 1 aliphatic rings. The summed E-state index contributed by atoms with van der Waals surface area (Å²) in [5.74, 6) is -0.417. The minimum absolute atomic E-state index is 0.00278. The Kier molecular flexibility index (Phi) is 5.01. The molecule has 2 rings (SSSR count). The minimum Gasteiger partial charge on any atom is -0.472 e. The van der Waals surface area contributed by atoms with E-state index < -0.39 is 12.1 Å². The van der Waals surface area contributed by atoms with Gasteiger partial charge >= 0.3 is 0 Å². The van der Waals surface area contributed by atoms with Crippen LogP contribution in [0, 0.1) is 5.92 Å². The standard InChI is InChI=1S/C15H22N2O4/c1-3-17(8-11-6-7-21-9-11)15(20)13(10(2)18)16-14(19)12-4-5-12/h6-7,9-10,12-13,18H,3-5,8H2,1-2H3,(H,16,19). The van der Waals surface area contributed by atoms with Crippen LogP contribution in [0.1, 0.15) is 32.3 Å². The van der Waals surface area contributed by atoms with Gasteiger partial charge in [0.05, 0.1) is 18.6 Å². The molecule has 0 spiro atoms. The summed E-state index contributed by atoms with van der Waals surface area (Å²) in [4.78, 5) is 26.0. The molecule has 0 radical (unpaired) electrons. The summed E-state index contributed by atoms with van der Waals surface area (Å²) in [7, 11) is 0. The average Bonchev–Trinajstić information content (AvgIpc) is 3.18. The molecular formula is C15H22N2O4. The number of hydrogen-bond acceptors (Lipinski definition) is 4. The highest BCUT2D eigenvalue weighted by molar-refractivity contribution is 5.89. The Morgan fingerprint density at radius 2 is 2.24 bits per heavy atom. The van der Waals surface area contributed by atoms with Gasteiger partial charge in [-0.3, -0.25) is 9.59 Å². The molecule has 0 aliphatic heterocycles. The largest absolute Gasteiger partial charge is 0.472 e. The average molecular weight is 294 g/mol. The molecule has 21 heavy (non-hydrogen) atoms. The lowest BCUT2D eigenvalue weighted by atomic mass is 10.1. The number of aliphatic hydroxyl groups excluding tert-OH is 1. The lowest BCUT2D eigenvalue weighted by Crippen LogP contribution is -2.53. The summed E-state index contributed by atoms with van der Waals surface area (Å²) in [6.45, 7) is 4.27. The van der Waals surface area contributed by atoms with Crippen molar-refractivity contribution in [1.82, 2.24) is 10.2 Å². The number of amides is 2. The van der Waals surface area contributed by atoms with E-state index in [2.05, 4.69) is 5.32 Å². The Hall–Kier alpha value is -1.82. The Morgan fingerprint density at radius 3 is 2.71 bits per heavy atom. The molecule has 1 fully saturated rings. The highest BCUT2D eigenvalue weighted by Crippen LogP contribution is 2.29. The molecule has 0 saturated heterocycles. The first kappa shape index (κ1) is 15.6. The van der Waals surface area contributed by atoms with Gasteiger partial charge in [-0.25, -0.2) is 0 Å². The van der Waals surface area contributed by atoms with E-state index in [0.717, 1.165) is 18.4 Å². The molecule has 2 unspecified atom stereocenters. The lowest BCUT2D eigenvalue weighted by Gasteiger charge is -2.28. The van der Waals surface area contributed by atoms with Crippen molar-refractivity contribution in [2.45, 2.75) is 45.4 Å². The fourth-order valence-corrected chi connectivity index (χ4v) is 2.15. The first-order valence-electron chi connectivity index (χ1n) is 7.31. The number of likely N-dealkylation sites (N-methyl/N-ethyl adjacent to an activating group) is 1. The van der Waals surface area contributed by atoms with E-state index in [1.54, 1.807) is 23.5 Å². The Morgan fingerprint density at radius 1 is 1.52 bits per heavy atom. The maximum Gasteiger partial charge on any atom is 0.248 e. The van der Waals surface area contributed by atoms with E-state index in [9.17, 15) is 14.7 Å². The van der Waals surface area contributed by atoms with E-state index >= 15 is 0 Å². The van der Waals surface area contributed by atoms with Gasteiger partial charge in [-0.15, -0.1) is 0 Å². The highest BCUT2D eigenvalue weighted by Gasteiger charge is 2.35. The molecule has 6 heteroatoms. The zero-order valence-electron chi connectivity index (χ0n) is 12.4. The molecular weight excluding hydrogens is 272 g/mol. The second kappa shape index (κ2) is 6.76. The summed E-state index contributed by atoms with van der Waals surface area (Å²) >= 11 is 0. The van der Waals surface area contributed by atoms with Crippen LogP contribution < -0.4 is 5.32 Å². The van der Waals surface area contributed by atoms with Crippen molar-refractivity contribution in [3.05, 3.63) is 24.2 Å². The van der Waals surface area contributed by atoms with E-state index in [1.165, 1.54) is 6.92 Å². The molecule has 1 aromatic heterocycles. The summed E-state index contributed by atoms with van der Waals surface area (Å²) in [5, 5.41) is 12.5. The monoisotopic (exact) mass is 294 g/mol. The Bertz CT molecular complexity index is 480. The number of hydrogen-bond donors (Lipinski definition) is 2. The highest BCUT2D eigenvalue weighted by atomic mass is 16.3. The molecule has 0 aromatic carbocycles. The molecule has 1 aromatic rings. The molecule has 116 valence electrons. The van der Waals surface area contributed by atoms with Crippen LogP contribution in [0.15, 0.2) is 23.0 Å². The van der Waals surface area contributed by atoms with Gasteiger partial charge in [-0.05, 0) is 32.8 Å². The number of nitrogens with one attached hydrogen (secondary N) is 1. The zero-order chi connectivity index (χ0) is 15.4. The van der Waals surface area contributed by atoms with Gasteiger partial charge < -0.3 is 19.7 Å². The van der Waals surface area contributed by atoms with Gasteiger partial charge in [0, 0.05) is 24.6 Å². The third-order valence-corrected chi connectivity index (χ3v) is 3.64. The van der Waals surface area contributed by atoms with Gasteiger partial charge in [0.25, 0.3) is 0 Å². The van der Waals surface area contributed by atoms with Crippen LogP contribution in [-0.2, 0) is 16.1 Å². The predicted molar refractivity (Wildman–Crippen MR) is 76.1 cm³/mol. The zero-order valence-corrected chi connectivity index (χ0v) is 12.4. The topological polar surface area (TPSA) is 82.8 Å². The predicted octanol–water partition coefficient (Wildman–Crippen LogP) is 0.904. The van der Waals surface area contributed by atoms with Crippen LogP contribution in [0.2, 0.25) is 0 Å². The maximum absolute atomic E-state index is 12.5. The molecule has 0 bridgehead atoms. The molecule has 1 aliphatic carbocycles. The maximum atomic E-state index is 12.5. The summed E-state index contributed by atoms with van der Waals surface area (Å²) in [6, 6.07) is 0.890. The van der Waals surface area contributed by atoms with Gasteiger partial charge in [0.1, 0.15) is 6.04 Å². The molecule has 2 atom stereocenters. The van der Waals surface area contributed by atoms with Crippen molar-refractivity contribution < 1.29 is 19.1 Å². The SMILES string of the molecule is CCN(Cc1ccoc1)C(=O)C(NC(=O)C1CC1)C(C)O. The van der Waals surface area contributed by atoms with Crippen LogP contribution >= 0.6 is 0 Å². The van der Waals surface area contributed by atoms with Gasteiger partial charge in [0.15, 0.2) is 0 Å². The van der Waals surface area contributed by atoms with Gasteiger partial charge in [-0.1, -0.05) is 0 Å². The third-order valence-electron chi connectivity index (χ3n) is 3.64. The van der Waals surface area contributed by atoms with Crippen LogP contribution in [0.3, 0.4) is 0 Å². The fraction of sp³-hybridized carbons (Fsp3) is 0.600. The Balaban J connectivity index is 2.02. The van der Waals surface area contributed by atoms with Crippen LogP contribution in [0.4, 0.5) is 0 Å². The summed E-state index contributed by atoms with van der Waals surface area (Å²) in [5.41, 5.74) is 0.878. The van der Waals surface area contributed by atoms with Crippen LogP contribution in [-0.4, -0.2) is 40.5 Å². The summed E-state index contributed by atoms with van der Waals surface area (Å²) < 4.78 is 4.99. The van der Waals surface area contributed by atoms with Crippen LogP contribution in [0.25, 0.3) is 0 Å². The second-order valence-electron chi connectivity index (χ2n) is 5.49. The van der Waals surface area contributed by atoms with E-state index in [1.807, 2.05) is 6.92 Å². The van der Waals surface area contributed by atoms with Gasteiger partial charge in [0.2, 0.25) is 11.8 Å². The molecule has 2 amide bonds. The second-order valence-corrected chi connectivity index (χ2v) is 5.49. The number of furan rings is 1. The molecule has 6 nitrogen and oxygen atoms in total. The van der Waals surface area contributed by atoms with Crippen molar-refractivity contribution in [1.29, 1.82) is 0 Å². The lowest BCUT2D eigenvalue weighted by molar-refractivity contribution is -0.140.